The fourth-order valence-electron chi connectivity index (χ4n) is 1.36. The first-order valence-corrected chi connectivity index (χ1v) is 5.41. The Balaban J connectivity index is 2.01. The van der Waals surface area contributed by atoms with Crippen LogP contribution in [0.2, 0.25) is 0 Å². The molecule has 0 unspecified atom stereocenters. The van der Waals surface area contributed by atoms with Gasteiger partial charge in [-0.2, -0.15) is 5.10 Å². The number of thiazole rings is 1. The summed E-state index contributed by atoms with van der Waals surface area (Å²) in [6.45, 7) is 2.72. The first-order chi connectivity index (χ1) is 7.15. The lowest BCUT2D eigenvalue weighted by atomic mass is 10.3. The monoisotopic (exact) mass is 223 g/mol. The zero-order chi connectivity index (χ0) is 10.8. The van der Waals surface area contributed by atoms with E-state index in [0.717, 1.165) is 22.4 Å². The lowest BCUT2D eigenvalue weighted by Gasteiger charge is -1.99. The summed E-state index contributed by atoms with van der Waals surface area (Å²) >= 11 is 1.45. The highest BCUT2D eigenvalue weighted by Gasteiger charge is 2.03. The number of nitrogens with zero attached hydrogens (tertiary/aromatic N) is 3. The lowest BCUT2D eigenvalue weighted by Crippen LogP contribution is -1.98. The van der Waals surface area contributed by atoms with Crippen LogP contribution in [0, 0.1) is 6.92 Å². The summed E-state index contributed by atoms with van der Waals surface area (Å²) in [5.41, 5.74) is 7.79. The van der Waals surface area contributed by atoms with Crippen LogP contribution < -0.4 is 11.1 Å². The van der Waals surface area contributed by atoms with Crippen molar-refractivity contribution in [3.63, 3.8) is 0 Å². The summed E-state index contributed by atoms with van der Waals surface area (Å²) in [6, 6.07) is 0. The number of anilines is 2. The topological polar surface area (TPSA) is 68.8 Å². The summed E-state index contributed by atoms with van der Waals surface area (Å²) in [5, 5.41) is 9.04. The Kier molecular flexibility index (Phi) is 2.59. The van der Waals surface area contributed by atoms with E-state index in [1.165, 1.54) is 16.9 Å². The van der Waals surface area contributed by atoms with Gasteiger partial charge in [0.25, 0.3) is 0 Å². The largest absolute Gasteiger partial charge is 0.389 e. The Morgan fingerprint density at radius 1 is 1.60 bits per heavy atom. The summed E-state index contributed by atoms with van der Waals surface area (Å²) < 4.78 is 1.81. The van der Waals surface area contributed by atoms with E-state index in [2.05, 4.69) is 15.4 Å². The van der Waals surface area contributed by atoms with Crippen LogP contribution in [0.4, 0.5) is 10.1 Å². The number of nitrogens with one attached hydrogen (secondary N) is 1. The van der Waals surface area contributed by atoms with Gasteiger partial charge in [0, 0.05) is 25.4 Å². The van der Waals surface area contributed by atoms with Crippen LogP contribution in [0.15, 0.2) is 12.4 Å². The second-order valence-electron chi connectivity index (χ2n) is 3.33. The summed E-state index contributed by atoms with van der Waals surface area (Å²) in [6.07, 6.45) is 3.66. The van der Waals surface area contributed by atoms with Gasteiger partial charge >= 0.3 is 0 Å². The van der Waals surface area contributed by atoms with E-state index >= 15 is 0 Å². The molecule has 0 amide bonds. The van der Waals surface area contributed by atoms with E-state index in [-0.39, 0.29) is 0 Å². The third-order valence-electron chi connectivity index (χ3n) is 2.07. The molecule has 0 fully saturated rings. The molecule has 0 aliphatic heterocycles. The van der Waals surface area contributed by atoms with Crippen molar-refractivity contribution >= 4 is 21.5 Å². The zero-order valence-corrected chi connectivity index (χ0v) is 9.51. The molecule has 5 nitrogen and oxygen atoms in total. The molecular formula is C9H13N5S. The number of nitrogens with two attached hydrogens (primary N) is 1. The molecule has 0 saturated carbocycles. The van der Waals surface area contributed by atoms with Crippen LogP contribution in [0.25, 0.3) is 0 Å². The molecule has 2 aromatic heterocycles. The van der Waals surface area contributed by atoms with Gasteiger partial charge in [-0.15, -0.1) is 0 Å². The van der Waals surface area contributed by atoms with E-state index in [1.54, 1.807) is 6.20 Å². The van der Waals surface area contributed by atoms with E-state index in [0.29, 0.717) is 0 Å². The second-order valence-corrected chi connectivity index (χ2v) is 4.40. The van der Waals surface area contributed by atoms with Gasteiger partial charge < -0.3 is 11.1 Å². The third-order valence-corrected chi connectivity index (χ3v) is 2.85. The Labute approximate surface area is 91.9 Å². The quantitative estimate of drug-likeness (QED) is 0.824. The van der Waals surface area contributed by atoms with E-state index < -0.39 is 0 Å². The van der Waals surface area contributed by atoms with Gasteiger partial charge in [-0.05, 0) is 6.92 Å². The predicted octanol–water partition coefficient (Wildman–Crippen LogP) is 1.38. The average Bonchev–Trinajstić information content (AvgIpc) is 2.70. The molecule has 6 heteroatoms. The minimum Gasteiger partial charge on any atom is -0.389 e. The van der Waals surface area contributed by atoms with Crippen molar-refractivity contribution in [2.24, 2.45) is 7.05 Å². The van der Waals surface area contributed by atoms with Gasteiger partial charge in [-0.3, -0.25) is 4.68 Å². The minimum absolute atomic E-state index is 0.723. The Morgan fingerprint density at radius 2 is 2.40 bits per heavy atom. The minimum atomic E-state index is 0.723. The van der Waals surface area contributed by atoms with Crippen molar-refractivity contribution in [2.75, 3.05) is 11.1 Å². The maximum Gasteiger partial charge on any atom is 0.184 e. The van der Waals surface area contributed by atoms with Gasteiger partial charge in [-0.25, -0.2) is 4.98 Å². The van der Waals surface area contributed by atoms with Gasteiger partial charge in [0.15, 0.2) is 5.13 Å². The van der Waals surface area contributed by atoms with E-state index in [1.807, 2.05) is 24.9 Å². The maximum absolute atomic E-state index is 5.58. The molecule has 2 aromatic rings. The van der Waals surface area contributed by atoms with Crippen molar-refractivity contribution < 1.29 is 0 Å². The highest BCUT2D eigenvalue weighted by molar-refractivity contribution is 7.19. The predicted molar refractivity (Wildman–Crippen MR) is 61.8 cm³/mol. The number of rotatable bonds is 3. The van der Waals surface area contributed by atoms with Crippen molar-refractivity contribution in [1.82, 2.24) is 14.8 Å². The summed E-state index contributed by atoms with van der Waals surface area (Å²) in [7, 11) is 1.91. The van der Waals surface area contributed by atoms with Gasteiger partial charge in [-0.1, -0.05) is 11.3 Å². The van der Waals surface area contributed by atoms with Crippen LogP contribution in [0.5, 0.6) is 0 Å². The third kappa shape index (κ3) is 2.27. The number of hydrogen-bond acceptors (Lipinski definition) is 5. The maximum atomic E-state index is 5.58. The van der Waals surface area contributed by atoms with E-state index in [9.17, 15) is 0 Å². The molecule has 0 saturated heterocycles. The summed E-state index contributed by atoms with van der Waals surface area (Å²) in [5.74, 6) is 0. The highest BCUT2D eigenvalue weighted by Crippen LogP contribution is 2.20. The van der Waals surface area contributed by atoms with Crippen molar-refractivity contribution in [2.45, 2.75) is 13.5 Å². The fraction of sp³-hybridized carbons (Fsp3) is 0.333. The standard InChI is InChI=1S/C9H13N5S/c1-6-7(5-14(2)13-6)3-11-9-12-4-8(10)15-9/h4-5H,3,10H2,1-2H3,(H,11,12). The average molecular weight is 223 g/mol. The Hall–Kier alpha value is -1.56. The van der Waals surface area contributed by atoms with Gasteiger partial charge in [0.05, 0.1) is 11.9 Å². The molecule has 3 N–H and O–H groups in total. The SMILES string of the molecule is Cc1nn(C)cc1CNc1ncc(N)s1. The molecule has 0 aliphatic rings. The number of aryl methyl sites for hydroxylation is 2. The number of aromatic nitrogens is 3. The summed E-state index contributed by atoms with van der Waals surface area (Å²) in [4.78, 5) is 4.12. The molecule has 0 atom stereocenters. The molecule has 15 heavy (non-hydrogen) atoms. The molecule has 80 valence electrons. The molecule has 0 spiro atoms. The van der Waals surface area contributed by atoms with Crippen LogP contribution >= 0.6 is 11.3 Å². The van der Waals surface area contributed by atoms with Crippen LogP contribution in [-0.4, -0.2) is 14.8 Å². The lowest BCUT2D eigenvalue weighted by molar-refractivity contribution is 0.756. The Morgan fingerprint density at radius 3 is 2.93 bits per heavy atom. The first kappa shape index (κ1) is 9.97. The number of hydrogen-bond donors (Lipinski definition) is 2. The van der Waals surface area contributed by atoms with Gasteiger partial charge in [0.1, 0.15) is 5.00 Å². The normalized spacial score (nSPS) is 10.5. The number of nitrogen functional groups attached to an aromatic ring is 1. The Bertz CT molecular complexity index is 459. The second kappa shape index (κ2) is 3.90. The molecule has 0 aliphatic carbocycles. The van der Waals surface area contributed by atoms with Crippen molar-refractivity contribution in [1.29, 1.82) is 0 Å². The molecule has 0 aromatic carbocycles. The molecule has 0 bridgehead atoms. The van der Waals surface area contributed by atoms with Crippen LogP contribution in [0.1, 0.15) is 11.3 Å². The van der Waals surface area contributed by atoms with Crippen molar-refractivity contribution in [3.8, 4) is 0 Å². The van der Waals surface area contributed by atoms with E-state index in [4.69, 9.17) is 5.73 Å². The van der Waals surface area contributed by atoms with Crippen LogP contribution in [-0.2, 0) is 13.6 Å². The smallest absolute Gasteiger partial charge is 0.184 e. The highest BCUT2D eigenvalue weighted by atomic mass is 32.1. The molecule has 0 radical (unpaired) electrons. The van der Waals surface area contributed by atoms with Crippen LogP contribution in [0.3, 0.4) is 0 Å². The molecular weight excluding hydrogens is 210 g/mol. The van der Waals surface area contributed by atoms with Gasteiger partial charge in [0.2, 0.25) is 0 Å². The molecule has 2 rings (SSSR count). The fourth-order valence-corrected chi connectivity index (χ4v) is 1.94. The van der Waals surface area contributed by atoms with Crippen molar-refractivity contribution in [3.05, 3.63) is 23.7 Å². The molecule has 2 heterocycles. The first-order valence-electron chi connectivity index (χ1n) is 4.59. The zero-order valence-electron chi connectivity index (χ0n) is 8.69.